The van der Waals surface area contributed by atoms with Crippen molar-refractivity contribution in [2.45, 2.75) is 25.8 Å². The van der Waals surface area contributed by atoms with Gasteiger partial charge in [0.25, 0.3) is 5.91 Å². The Morgan fingerprint density at radius 1 is 1.41 bits per heavy atom. The van der Waals surface area contributed by atoms with E-state index in [1.165, 1.54) is 11.8 Å². The molecule has 0 saturated heterocycles. The van der Waals surface area contributed by atoms with E-state index in [2.05, 4.69) is 9.69 Å². The Kier molecular flexibility index (Phi) is 4.16. The molecule has 1 heterocycles. The number of carbonyl (C=O) groups is 2. The second-order valence-electron chi connectivity index (χ2n) is 4.46. The minimum absolute atomic E-state index is 0.170. The number of anilines is 1. The molecule has 0 aliphatic carbocycles. The lowest BCUT2D eigenvalue weighted by atomic mass is 9.96. The van der Waals surface area contributed by atoms with Crippen LogP contribution < -0.4 is 11.1 Å². The van der Waals surface area contributed by atoms with Gasteiger partial charge in [-0.15, -0.1) is 11.8 Å². The second kappa shape index (κ2) is 5.05. The molecule has 5 nitrogen and oxygen atoms in total. The number of thioether (sulfide) groups is 1. The van der Waals surface area contributed by atoms with Crippen LogP contribution in [0, 0.1) is 5.41 Å². The maximum Gasteiger partial charge on any atom is 0.254 e. The molecule has 1 rings (SSSR count). The molecule has 7 heteroatoms. The van der Waals surface area contributed by atoms with E-state index in [-0.39, 0.29) is 5.91 Å². The van der Waals surface area contributed by atoms with Crippen LogP contribution >= 0.6 is 23.3 Å². The molecule has 0 radical (unpaired) electrons. The first-order valence-corrected chi connectivity index (χ1v) is 6.92. The molecule has 0 unspecified atom stereocenters. The Hall–Kier alpha value is -1.08. The summed E-state index contributed by atoms with van der Waals surface area (Å²) in [6.07, 6.45) is 1.80. The van der Waals surface area contributed by atoms with Crippen LogP contribution in [-0.2, 0) is 4.79 Å². The molecule has 1 aromatic heterocycles. The van der Waals surface area contributed by atoms with Gasteiger partial charge in [-0.3, -0.25) is 9.59 Å². The normalized spacial score (nSPS) is 11.3. The summed E-state index contributed by atoms with van der Waals surface area (Å²) in [5.41, 5.74) is 5.05. The van der Waals surface area contributed by atoms with E-state index in [1.54, 1.807) is 27.0 Å². The predicted octanol–water partition coefficient (Wildman–Crippen LogP) is 1.95. The Labute approximate surface area is 108 Å². The van der Waals surface area contributed by atoms with Gasteiger partial charge in [-0.1, -0.05) is 20.8 Å². The number of nitrogens with zero attached hydrogens (tertiary/aromatic N) is 1. The first kappa shape index (κ1) is 14.0. The molecule has 0 saturated carbocycles. The lowest BCUT2D eigenvalue weighted by Gasteiger charge is -2.16. The van der Waals surface area contributed by atoms with E-state index in [1.807, 2.05) is 0 Å². The summed E-state index contributed by atoms with van der Waals surface area (Å²) in [6.45, 7) is 5.38. The zero-order valence-electron chi connectivity index (χ0n) is 10.2. The van der Waals surface area contributed by atoms with Crippen molar-refractivity contribution in [3.8, 4) is 0 Å². The molecule has 0 fully saturated rings. The van der Waals surface area contributed by atoms with Gasteiger partial charge in [0.1, 0.15) is 15.6 Å². The monoisotopic (exact) mass is 273 g/mol. The van der Waals surface area contributed by atoms with Gasteiger partial charge in [-0.25, -0.2) is 0 Å². The summed E-state index contributed by atoms with van der Waals surface area (Å²) >= 11 is 2.40. The Bertz CT molecular complexity index is 449. The molecule has 0 atom stereocenters. The van der Waals surface area contributed by atoms with Crippen molar-refractivity contribution in [2.24, 2.45) is 11.1 Å². The van der Waals surface area contributed by atoms with Gasteiger partial charge >= 0.3 is 0 Å². The number of rotatable bonds is 3. The maximum absolute atomic E-state index is 11.8. The number of amides is 2. The van der Waals surface area contributed by atoms with Gasteiger partial charge < -0.3 is 11.1 Å². The average Bonchev–Trinajstić information content (AvgIpc) is 2.59. The maximum atomic E-state index is 11.8. The molecule has 2 amide bonds. The fourth-order valence-corrected chi connectivity index (χ4v) is 2.58. The highest BCUT2D eigenvalue weighted by Gasteiger charge is 2.25. The Morgan fingerprint density at radius 3 is 2.41 bits per heavy atom. The first-order chi connectivity index (χ1) is 7.77. The van der Waals surface area contributed by atoms with Crippen LogP contribution in [0.4, 0.5) is 5.00 Å². The zero-order valence-corrected chi connectivity index (χ0v) is 11.8. The minimum atomic E-state index is -0.577. The van der Waals surface area contributed by atoms with Crippen LogP contribution in [0.25, 0.3) is 0 Å². The topological polar surface area (TPSA) is 85.1 Å². The van der Waals surface area contributed by atoms with Gasteiger partial charge in [-0.05, 0) is 17.8 Å². The largest absolute Gasteiger partial charge is 0.365 e. The third kappa shape index (κ3) is 3.19. The van der Waals surface area contributed by atoms with Crippen molar-refractivity contribution in [2.75, 3.05) is 11.6 Å². The summed E-state index contributed by atoms with van der Waals surface area (Å²) < 4.78 is 4.08. The van der Waals surface area contributed by atoms with E-state index >= 15 is 0 Å². The molecule has 0 aliphatic rings. The van der Waals surface area contributed by atoms with Crippen LogP contribution in [0.2, 0.25) is 0 Å². The molecule has 17 heavy (non-hydrogen) atoms. The van der Waals surface area contributed by atoms with Gasteiger partial charge in [0.15, 0.2) is 0 Å². The highest BCUT2D eigenvalue weighted by atomic mass is 32.2. The predicted molar refractivity (Wildman–Crippen MR) is 70.5 cm³/mol. The van der Waals surface area contributed by atoms with Gasteiger partial charge in [0.05, 0.1) is 0 Å². The highest BCUT2D eigenvalue weighted by molar-refractivity contribution is 7.98. The van der Waals surface area contributed by atoms with Gasteiger partial charge in [0.2, 0.25) is 5.91 Å². The van der Waals surface area contributed by atoms with Crippen molar-refractivity contribution in [1.29, 1.82) is 0 Å². The van der Waals surface area contributed by atoms with Crippen molar-refractivity contribution >= 4 is 40.1 Å². The Balaban J connectivity index is 3.04. The van der Waals surface area contributed by atoms with Crippen LogP contribution in [0.15, 0.2) is 5.03 Å². The number of aromatic nitrogens is 1. The molecule has 1 aromatic rings. The fourth-order valence-electron chi connectivity index (χ4n) is 1.01. The smallest absolute Gasteiger partial charge is 0.254 e. The van der Waals surface area contributed by atoms with E-state index in [4.69, 9.17) is 5.73 Å². The number of hydrogen-bond donors (Lipinski definition) is 2. The van der Waals surface area contributed by atoms with E-state index in [0.717, 1.165) is 11.5 Å². The lowest BCUT2D eigenvalue weighted by molar-refractivity contribution is -0.123. The highest BCUT2D eigenvalue weighted by Crippen LogP contribution is 2.31. The average molecular weight is 273 g/mol. The molecular weight excluding hydrogens is 258 g/mol. The van der Waals surface area contributed by atoms with Crippen molar-refractivity contribution in [1.82, 2.24) is 4.37 Å². The molecule has 0 bridgehead atoms. The summed E-state index contributed by atoms with van der Waals surface area (Å²) in [6, 6.07) is 0. The summed E-state index contributed by atoms with van der Waals surface area (Å²) in [5, 5.41) is 3.66. The Morgan fingerprint density at radius 2 is 2.00 bits per heavy atom. The molecule has 0 aliphatic heterocycles. The van der Waals surface area contributed by atoms with Crippen molar-refractivity contribution < 1.29 is 9.59 Å². The third-order valence-corrected chi connectivity index (χ3v) is 3.57. The van der Waals surface area contributed by atoms with Crippen LogP contribution in [0.3, 0.4) is 0 Å². The van der Waals surface area contributed by atoms with E-state index in [9.17, 15) is 9.59 Å². The summed E-state index contributed by atoms with van der Waals surface area (Å²) in [5.74, 6) is -0.747. The number of primary amides is 1. The van der Waals surface area contributed by atoms with Crippen molar-refractivity contribution in [3.63, 3.8) is 0 Å². The first-order valence-electron chi connectivity index (χ1n) is 4.92. The minimum Gasteiger partial charge on any atom is -0.365 e. The summed E-state index contributed by atoms with van der Waals surface area (Å²) in [4.78, 5) is 23.1. The van der Waals surface area contributed by atoms with Gasteiger partial charge in [-0.2, -0.15) is 4.37 Å². The van der Waals surface area contributed by atoms with Crippen LogP contribution in [0.5, 0.6) is 0 Å². The third-order valence-electron chi connectivity index (χ3n) is 2.01. The number of carbonyl (C=O) groups excluding carboxylic acids is 2. The molecule has 0 aromatic carbocycles. The van der Waals surface area contributed by atoms with Gasteiger partial charge in [0, 0.05) is 5.41 Å². The molecule has 94 valence electrons. The number of nitrogens with one attached hydrogen (secondary N) is 1. The second-order valence-corrected chi connectivity index (χ2v) is 6.03. The number of nitrogens with two attached hydrogens (primary N) is 1. The van der Waals surface area contributed by atoms with Crippen LogP contribution in [-0.4, -0.2) is 22.4 Å². The SMILES string of the molecule is CSc1nsc(NC(=O)C(C)(C)C)c1C(N)=O. The van der Waals surface area contributed by atoms with E-state index < -0.39 is 11.3 Å². The van der Waals surface area contributed by atoms with E-state index in [0.29, 0.717) is 15.6 Å². The van der Waals surface area contributed by atoms with Crippen molar-refractivity contribution in [3.05, 3.63) is 5.56 Å². The number of hydrogen-bond acceptors (Lipinski definition) is 5. The quantitative estimate of drug-likeness (QED) is 0.824. The zero-order chi connectivity index (χ0) is 13.2. The molecular formula is C10H15N3O2S2. The van der Waals surface area contributed by atoms with Crippen LogP contribution in [0.1, 0.15) is 31.1 Å². The summed E-state index contributed by atoms with van der Waals surface area (Å²) in [7, 11) is 0. The molecule has 0 spiro atoms. The molecule has 3 N–H and O–H groups in total. The lowest BCUT2D eigenvalue weighted by Crippen LogP contribution is -2.28. The standard InChI is InChI=1S/C10H15N3O2S2/c1-10(2,3)9(15)12-7-5(6(11)14)8(16-4)13-17-7/h1-4H3,(H2,11,14)(H,12,15). The fraction of sp³-hybridized carbons (Fsp3) is 0.500.